The Morgan fingerprint density at radius 2 is 1.73 bits per heavy atom. The summed E-state index contributed by atoms with van der Waals surface area (Å²) in [7, 11) is 0. The SMILES string of the molecule is Cc1cncc(-c2cnc(C)cc2C)c1. The summed E-state index contributed by atoms with van der Waals surface area (Å²) < 4.78 is 0. The van der Waals surface area contributed by atoms with Gasteiger partial charge in [0.25, 0.3) is 0 Å². The number of rotatable bonds is 1. The van der Waals surface area contributed by atoms with E-state index in [1.165, 1.54) is 11.1 Å². The first-order valence-corrected chi connectivity index (χ1v) is 5.02. The summed E-state index contributed by atoms with van der Waals surface area (Å²) in [6, 6.07) is 4.23. The fourth-order valence-corrected chi connectivity index (χ4v) is 1.70. The van der Waals surface area contributed by atoms with Crippen LogP contribution >= 0.6 is 0 Å². The van der Waals surface area contributed by atoms with Gasteiger partial charge in [-0.25, -0.2) is 0 Å². The second-order valence-corrected chi connectivity index (χ2v) is 3.89. The highest BCUT2D eigenvalue weighted by molar-refractivity contribution is 5.65. The molecule has 0 aromatic carbocycles. The highest BCUT2D eigenvalue weighted by Crippen LogP contribution is 2.22. The molecule has 2 heteroatoms. The Balaban J connectivity index is 2.54. The Bertz CT molecular complexity index is 490. The summed E-state index contributed by atoms with van der Waals surface area (Å²) in [4.78, 5) is 8.51. The lowest BCUT2D eigenvalue weighted by molar-refractivity contribution is 1.17. The van der Waals surface area contributed by atoms with Crippen LogP contribution in [-0.4, -0.2) is 9.97 Å². The van der Waals surface area contributed by atoms with Gasteiger partial charge in [-0.15, -0.1) is 0 Å². The van der Waals surface area contributed by atoms with E-state index in [1.54, 1.807) is 0 Å². The van der Waals surface area contributed by atoms with Gasteiger partial charge >= 0.3 is 0 Å². The van der Waals surface area contributed by atoms with Gasteiger partial charge in [0, 0.05) is 35.4 Å². The molecule has 0 aliphatic carbocycles. The zero-order valence-electron chi connectivity index (χ0n) is 9.28. The molecule has 0 unspecified atom stereocenters. The van der Waals surface area contributed by atoms with E-state index >= 15 is 0 Å². The van der Waals surface area contributed by atoms with Gasteiger partial charge in [-0.05, 0) is 44.0 Å². The van der Waals surface area contributed by atoms with Gasteiger partial charge in [0.1, 0.15) is 0 Å². The molecular weight excluding hydrogens is 184 g/mol. The molecule has 76 valence electrons. The number of aromatic nitrogens is 2. The molecule has 2 heterocycles. The fraction of sp³-hybridized carbons (Fsp3) is 0.231. The maximum absolute atomic E-state index is 4.32. The van der Waals surface area contributed by atoms with Crippen molar-refractivity contribution in [1.82, 2.24) is 9.97 Å². The van der Waals surface area contributed by atoms with Crippen molar-refractivity contribution in [3.63, 3.8) is 0 Å². The van der Waals surface area contributed by atoms with Crippen molar-refractivity contribution < 1.29 is 0 Å². The molecule has 2 nitrogen and oxygen atoms in total. The molecule has 0 aliphatic heterocycles. The summed E-state index contributed by atoms with van der Waals surface area (Å²) in [5.74, 6) is 0. The van der Waals surface area contributed by atoms with Crippen LogP contribution in [0.3, 0.4) is 0 Å². The normalized spacial score (nSPS) is 10.3. The summed E-state index contributed by atoms with van der Waals surface area (Å²) >= 11 is 0. The van der Waals surface area contributed by atoms with Crippen LogP contribution in [0.4, 0.5) is 0 Å². The Morgan fingerprint density at radius 1 is 0.933 bits per heavy atom. The third-order valence-electron chi connectivity index (χ3n) is 2.43. The Labute approximate surface area is 90.0 Å². The summed E-state index contributed by atoms with van der Waals surface area (Å²) in [5, 5.41) is 0. The quantitative estimate of drug-likeness (QED) is 0.703. The summed E-state index contributed by atoms with van der Waals surface area (Å²) in [6.07, 6.45) is 5.66. The van der Waals surface area contributed by atoms with Crippen LogP contribution in [-0.2, 0) is 0 Å². The first kappa shape index (κ1) is 9.84. The van der Waals surface area contributed by atoms with E-state index < -0.39 is 0 Å². The lowest BCUT2D eigenvalue weighted by Gasteiger charge is -2.06. The molecule has 0 fully saturated rings. The minimum atomic E-state index is 1.05. The number of aryl methyl sites for hydroxylation is 3. The second-order valence-electron chi connectivity index (χ2n) is 3.89. The molecule has 0 N–H and O–H groups in total. The van der Waals surface area contributed by atoms with E-state index in [4.69, 9.17) is 0 Å². The molecule has 0 radical (unpaired) electrons. The van der Waals surface area contributed by atoms with Gasteiger partial charge in [-0.2, -0.15) is 0 Å². The average Bonchev–Trinajstić information content (AvgIpc) is 2.17. The van der Waals surface area contributed by atoms with E-state index in [-0.39, 0.29) is 0 Å². The average molecular weight is 198 g/mol. The molecule has 0 bridgehead atoms. The predicted octanol–water partition coefficient (Wildman–Crippen LogP) is 3.07. The van der Waals surface area contributed by atoms with E-state index in [9.17, 15) is 0 Å². The van der Waals surface area contributed by atoms with Crippen molar-refractivity contribution in [3.8, 4) is 11.1 Å². The highest BCUT2D eigenvalue weighted by Gasteiger charge is 2.03. The van der Waals surface area contributed by atoms with Crippen molar-refractivity contribution >= 4 is 0 Å². The van der Waals surface area contributed by atoms with Crippen molar-refractivity contribution in [3.05, 3.63) is 47.5 Å². The number of pyridine rings is 2. The van der Waals surface area contributed by atoms with Crippen LogP contribution in [0.25, 0.3) is 11.1 Å². The standard InChI is InChI=1S/C13H14N2/c1-9-4-12(7-14-6-9)13-8-15-11(3)5-10(13)2/h4-8H,1-3H3. The molecule has 15 heavy (non-hydrogen) atoms. The van der Waals surface area contributed by atoms with Crippen LogP contribution in [0, 0.1) is 20.8 Å². The van der Waals surface area contributed by atoms with E-state index in [0.29, 0.717) is 0 Å². The molecular formula is C13H14N2. The molecule has 0 spiro atoms. The molecule has 0 saturated carbocycles. The Hall–Kier alpha value is -1.70. The molecule has 0 aliphatic rings. The molecule has 2 rings (SSSR count). The van der Waals surface area contributed by atoms with Gasteiger partial charge in [-0.1, -0.05) is 0 Å². The van der Waals surface area contributed by atoms with Crippen LogP contribution in [0.1, 0.15) is 16.8 Å². The number of nitrogens with zero attached hydrogens (tertiary/aromatic N) is 2. The summed E-state index contributed by atoms with van der Waals surface area (Å²) in [5.41, 5.74) is 5.77. The lowest BCUT2D eigenvalue weighted by atomic mass is 10.0. The van der Waals surface area contributed by atoms with Gasteiger partial charge < -0.3 is 0 Å². The van der Waals surface area contributed by atoms with Gasteiger partial charge in [0.2, 0.25) is 0 Å². The van der Waals surface area contributed by atoms with Crippen LogP contribution in [0.2, 0.25) is 0 Å². The number of hydrogen-bond donors (Lipinski definition) is 0. The third kappa shape index (κ3) is 2.04. The van der Waals surface area contributed by atoms with E-state index in [2.05, 4.69) is 29.0 Å². The number of hydrogen-bond acceptors (Lipinski definition) is 2. The van der Waals surface area contributed by atoms with Crippen molar-refractivity contribution in [1.29, 1.82) is 0 Å². The zero-order valence-corrected chi connectivity index (χ0v) is 9.28. The Kier molecular flexibility index (Phi) is 2.50. The van der Waals surface area contributed by atoms with Crippen LogP contribution < -0.4 is 0 Å². The lowest BCUT2D eigenvalue weighted by Crippen LogP contribution is -1.89. The second kappa shape index (κ2) is 3.81. The predicted molar refractivity (Wildman–Crippen MR) is 61.7 cm³/mol. The van der Waals surface area contributed by atoms with Gasteiger partial charge in [0.05, 0.1) is 0 Å². The fourth-order valence-electron chi connectivity index (χ4n) is 1.70. The third-order valence-corrected chi connectivity index (χ3v) is 2.43. The monoisotopic (exact) mass is 198 g/mol. The van der Waals surface area contributed by atoms with Crippen molar-refractivity contribution in [2.45, 2.75) is 20.8 Å². The maximum Gasteiger partial charge on any atom is 0.0375 e. The highest BCUT2D eigenvalue weighted by atomic mass is 14.7. The summed E-state index contributed by atoms with van der Waals surface area (Å²) in [6.45, 7) is 6.16. The van der Waals surface area contributed by atoms with Gasteiger partial charge in [-0.3, -0.25) is 9.97 Å². The molecule has 2 aromatic heterocycles. The Morgan fingerprint density at radius 3 is 2.40 bits per heavy atom. The van der Waals surface area contributed by atoms with Crippen molar-refractivity contribution in [2.24, 2.45) is 0 Å². The molecule has 0 atom stereocenters. The molecule has 2 aromatic rings. The van der Waals surface area contributed by atoms with E-state index in [1.807, 2.05) is 32.4 Å². The van der Waals surface area contributed by atoms with Gasteiger partial charge in [0.15, 0.2) is 0 Å². The van der Waals surface area contributed by atoms with E-state index in [0.717, 1.165) is 16.8 Å². The zero-order chi connectivity index (χ0) is 10.8. The van der Waals surface area contributed by atoms with Crippen molar-refractivity contribution in [2.75, 3.05) is 0 Å². The topological polar surface area (TPSA) is 25.8 Å². The van der Waals surface area contributed by atoms with Crippen LogP contribution in [0.5, 0.6) is 0 Å². The molecule has 0 amide bonds. The minimum Gasteiger partial charge on any atom is -0.264 e. The first-order valence-electron chi connectivity index (χ1n) is 5.02. The maximum atomic E-state index is 4.32. The first-order chi connectivity index (χ1) is 7.16. The smallest absolute Gasteiger partial charge is 0.0375 e. The molecule has 0 saturated heterocycles. The van der Waals surface area contributed by atoms with Crippen LogP contribution in [0.15, 0.2) is 30.7 Å². The minimum absolute atomic E-state index is 1.05. The largest absolute Gasteiger partial charge is 0.264 e.